The third kappa shape index (κ3) is 4.06. The van der Waals surface area contributed by atoms with E-state index in [1.807, 2.05) is 13.8 Å². The van der Waals surface area contributed by atoms with Crippen molar-refractivity contribution in [2.75, 3.05) is 26.8 Å². The van der Waals surface area contributed by atoms with E-state index in [-0.39, 0.29) is 17.4 Å². The van der Waals surface area contributed by atoms with Gasteiger partial charge in [0.15, 0.2) is 0 Å². The van der Waals surface area contributed by atoms with Gasteiger partial charge in [0, 0.05) is 32.3 Å². The molecule has 122 valence electrons. The van der Waals surface area contributed by atoms with E-state index < -0.39 is 10.0 Å². The Morgan fingerprint density at radius 1 is 1.29 bits per heavy atom. The van der Waals surface area contributed by atoms with Gasteiger partial charge in [-0.3, -0.25) is 0 Å². The van der Waals surface area contributed by atoms with Gasteiger partial charge in [-0.1, -0.05) is 13.8 Å². The molecule has 1 rings (SSSR count). The van der Waals surface area contributed by atoms with Crippen LogP contribution in [0.4, 0.5) is 0 Å². The van der Waals surface area contributed by atoms with Crippen molar-refractivity contribution in [3.8, 4) is 0 Å². The number of nitrogens with zero attached hydrogens (tertiary/aromatic N) is 1. The molecule has 0 amide bonds. The van der Waals surface area contributed by atoms with Crippen molar-refractivity contribution in [2.45, 2.75) is 39.1 Å². The van der Waals surface area contributed by atoms with Gasteiger partial charge in [0.1, 0.15) is 16.4 Å². The molecule has 1 aromatic heterocycles. The molecular formula is C14H26N2O4S. The van der Waals surface area contributed by atoms with Crippen LogP contribution in [-0.2, 0) is 21.3 Å². The smallest absolute Gasteiger partial charge is 0.246 e. The molecule has 0 aliphatic heterocycles. The molecule has 0 fully saturated rings. The first kappa shape index (κ1) is 18.2. The topological polar surface area (TPSA) is 85.8 Å². The molecule has 6 nitrogen and oxygen atoms in total. The van der Waals surface area contributed by atoms with Gasteiger partial charge in [-0.2, -0.15) is 4.31 Å². The van der Waals surface area contributed by atoms with Crippen molar-refractivity contribution >= 4 is 10.0 Å². The lowest BCUT2D eigenvalue weighted by Crippen LogP contribution is -2.37. The first-order valence-electron chi connectivity index (χ1n) is 7.03. The van der Waals surface area contributed by atoms with Crippen LogP contribution in [0, 0.1) is 19.8 Å². The van der Waals surface area contributed by atoms with Crippen molar-refractivity contribution in [1.82, 2.24) is 4.31 Å². The summed E-state index contributed by atoms with van der Waals surface area (Å²) in [5.41, 5.74) is 6.25. The summed E-state index contributed by atoms with van der Waals surface area (Å²) in [6.07, 6.45) is 0. The predicted octanol–water partition coefficient (Wildman–Crippen LogP) is 1.65. The first-order chi connectivity index (χ1) is 9.75. The number of furan rings is 1. The second-order valence-electron chi connectivity index (χ2n) is 5.48. The molecule has 1 heterocycles. The molecule has 0 unspecified atom stereocenters. The zero-order valence-corrected chi connectivity index (χ0v) is 14.3. The Labute approximate surface area is 127 Å². The SMILES string of the molecule is COCCN(CC(C)C)S(=O)(=O)c1c(C)oc(C)c1CN. The minimum Gasteiger partial charge on any atom is -0.465 e. The summed E-state index contributed by atoms with van der Waals surface area (Å²) in [5, 5.41) is 0. The third-order valence-corrected chi connectivity index (χ3v) is 5.30. The number of aryl methyl sites for hydroxylation is 2. The number of ether oxygens (including phenoxy) is 1. The molecule has 0 bridgehead atoms. The van der Waals surface area contributed by atoms with Gasteiger partial charge in [0.05, 0.1) is 6.61 Å². The van der Waals surface area contributed by atoms with Gasteiger partial charge in [0.2, 0.25) is 10.0 Å². The van der Waals surface area contributed by atoms with Crippen LogP contribution in [0.25, 0.3) is 0 Å². The van der Waals surface area contributed by atoms with E-state index >= 15 is 0 Å². The summed E-state index contributed by atoms with van der Waals surface area (Å²) in [6.45, 7) is 8.57. The van der Waals surface area contributed by atoms with Crippen LogP contribution in [0.1, 0.15) is 30.9 Å². The van der Waals surface area contributed by atoms with Crippen molar-refractivity contribution in [3.05, 3.63) is 17.1 Å². The monoisotopic (exact) mass is 318 g/mol. The van der Waals surface area contributed by atoms with Crippen LogP contribution >= 0.6 is 0 Å². The maximum Gasteiger partial charge on any atom is 0.246 e. The van der Waals surface area contributed by atoms with Crippen LogP contribution in [0.3, 0.4) is 0 Å². The van der Waals surface area contributed by atoms with E-state index in [0.29, 0.717) is 36.8 Å². The van der Waals surface area contributed by atoms with Crippen molar-refractivity contribution < 1.29 is 17.6 Å². The van der Waals surface area contributed by atoms with Crippen LogP contribution in [0.5, 0.6) is 0 Å². The second-order valence-corrected chi connectivity index (χ2v) is 7.35. The normalized spacial score (nSPS) is 12.6. The number of sulfonamides is 1. The van der Waals surface area contributed by atoms with Crippen LogP contribution in [0.2, 0.25) is 0 Å². The Morgan fingerprint density at radius 2 is 1.90 bits per heavy atom. The fourth-order valence-corrected chi connectivity index (χ4v) is 4.33. The fraction of sp³-hybridized carbons (Fsp3) is 0.714. The Balaban J connectivity index is 3.28. The zero-order chi connectivity index (χ0) is 16.2. The minimum absolute atomic E-state index is 0.136. The third-order valence-electron chi connectivity index (χ3n) is 3.24. The average molecular weight is 318 g/mol. The van der Waals surface area contributed by atoms with E-state index in [1.54, 1.807) is 21.0 Å². The van der Waals surface area contributed by atoms with Crippen molar-refractivity contribution in [2.24, 2.45) is 11.7 Å². The summed E-state index contributed by atoms with van der Waals surface area (Å²) < 4.78 is 37.8. The number of methoxy groups -OCH3 is 1. The van der Waals surface area contributed by atoms with Crippen LogP contribution < -0.4 is 5.73 Å². The molecule has 0 aromatic carbocycles. The minimum atomic E-state index is -3.64. The van der Waals surface area contributed by atoms with Gasteiger partial charge in [-0.15, -0.1) is 0 Å². The van der Waals surface area contributed by atoms with Gasteiger partial charge < -0.3 is 14.9 Å². The summed E-state index contributed by atoms with van der Waals surface area (Å²) >= 11 is 0. The highest BCUT2D eigenvalue weighted by Gasteiger charge is 2.32. The highest BCUT2D eigenvalue weighted by molar-refractivity contribution is 7.89. The molecular weight excluding hydrogens is 292 g/mol. The fourth-order valence-electron chi connectivity index (χ4n) is 2.32. The number of hydrogen-bond donors (Lipinski definition) is 1. The zero-order valence-electron chi connectivity index (χ0n) is 13.5. The molecule has 0 aliphatic rings. The molecule has 0 atom stereocenters. The standard InChI is InChI=1S/C14H26N2O4S/c1-10(2)9-16(6-7-19-5)21(17,18)14-12(4)20-11(3)13(14)8-15/h10H,6-9,15H2,1-5H3. The molecule has 0 spiro atoms. The van der Waals surface area contributed by atoms with Gasteiger partial charge in [0.25, 0.3) is 0 Å². The van der Waals surface area contributed by atoms with E-state index in [4.69, 9.17) is 14.9 Å². The highest BCUT2D eigenvalue weighted by atomic mass is 32.2. The lowest BCUT2D eigenvalue weighted by atomic mass is 10.2. The second kappa shape index (κ2) is 7.40. The molecule has 7 heteroatoms. The molecule has 0 radical (unpaired) electrons. The number of nitrogens with two attached hydrogens (primary N) is 1. The maximum absolute atomic E-state index is 12.9. The quantitative estimate of drug-likeness (QED) is 0.787. The number of hydrogen-bond acceptors (Lipinski definition) is 5. The summed E-state index contributed by atoms with van der Waals surface area (Å²) in [4.78, 5) is 0.208. The summed E-state index contributed by atoms with van der Waals surface area (Å²) in [7, 11) is -2.09. The lowest BCUT2D eigenvalue weighted by Gasteiger charge is -2.24. The molecule has 1 aromatic rings. The van der Waals surface area contributed by atoms with Gasteiger partial charge in [-0.25, -0.2) is 8.42 Å². The number of rotatable bonds is 8. The first-order valence-corrected chi connectivity index (χ1v) is 8.47. The Morgan fingerprint density at radius 3 is 2.38 bits per heavy atom. The van der Waals surface area contributed by atoms with Crippen molar-refractivity contribution in [3.63, 3.8) is 0 Å². The Bertz CT molecular complexity index is 564. The molecule has 0 saturated carbocycles. The van der Waals surface area contributed by atoms with Crippen LogP contribution in [-0.4, -0.2) is 39.5 Å². The molecule has 0 aliphatic carbocycles. The average Bonchev–Trinajstić information content (AvgIpc) is 2.68. The summed E-state index contributed by atoms with van der Waals surface area (Å²) in [6, 6.07) is 0. The van der Waals surface area contributed by atoms with E-state index in [2.05, 4.69) is 0 Å². The van der Waals surface area contributed by atoms with Crippen LogP contribution in [0.15, 0.2) is 9.31 Å². The highest BCUT2D eigenvalue weighted by Crippen LogP contribution is 2.29. The lowest BCUT2D eigenvalue weighted by molar-refractivity contribution is 0.175. The predicted molar refractivity (Wildman–Crippen MR) is 81.5 cm³/mol. The largest absolute Gasteiger partial charge is 0.465 e. The molecule has 21 heavy (non-hydrogen) atoms. The summed E-state index contributed by atoms with van der Waals surface area (Å²) in [5.74, 6) is 1.16. The van der Waals surface area contributed by atoms with Gasteiger partial charge in [-0.05, 0) is 19.8 Å². The van der Waals surface area contributed by atoms with E-state index in [0.717, 1.165) is 0 Å². The Hall–Kier alpha value is -0.890. The Kier molecular flexibility index (Phi) is 6.40. The van der Waals surface area contributed by atoms with E-state index in [9.17, 15) is 8.42 Å². The van der Waals surface area contributed by atoms with Crippen molar-refractivity contribution in [1.29, 1.82) is 0 Å². The van der Waals surface area contributed by atoms with Gasteiger partial charge >= 0.3 is 0 Å². The molecule has 0 saturated heterocycles. The molecule has 2 N–H and O–H groups in total. The van der Waals surface area contributed by atoms with E-state index in [1.165, 1.54) is 4.31 Å². The maximum atomic E-state index is 12.9.